The molecule has 0 atom stereocenters. The number of tetrazole rings is 1. The maximum absolute atomic E-state index is 4.48. The zero-order chi connectivity index (χ0) is 15.2. The minimum absolute atomic E-state index is 0.502. The Balaban J connectivity index is 1.33. The summed E-state index contributed by atoms with van der Waals surface area (Å²) in [6.45, 7) is 3.01. The van der Waals surface area contributed by atoms with Gasteiger partial charge in [-0.2, -0.15) is 0 Å². The van der Waals surface area contributed by atoms with Gasteiger partial charge in [-0.1, -0.05) is 0 Å². The smallest absolute Gasteiger partial charge is 0.200 e. The minimum Gasteiger partial charge on any atom is -0.355 e. The Labute approximate surface area is 132 Å². The summed E-state index contributed by atoms with van der Waals surface area (Å²) in [5.41, 5.74) is 0.669. The molecule has 1 saturated heterocycles. The van der Waals surface area contributed by atoms with Gasteiger partial charge in [-0.3, -0.25) is 0 Å². The van der Waals surface area contributed by atoms with Crippen molar-refractivity contribution >= 4 is 11.5 Å². The lowest BCUT2D eigenvalue weighted by Crippen LogP contribution is -2.34. The molecule has 1 fully saturated rings. The SMILES string of the molecule is c1cc2nnnn2nc1N1CCC(c2nnc3n2CCC3)CC1. The molecule has 118 valence electrons. The van der Waals surface area contributed by atoms with E-state index in [9.17, 15) is 0 Å². The Morgan fingerprint density at radius 2 is 1.91 bits per heavy atom. The zero-order valence-electron chi connectivity index (χ0n) is 12.7. The summed E-state index contributed by atoms with van der Waals surface area (Å²) in [6, 6.07) is 3.89. The molecule has 9 heteroatoms. The zero-order valence-corrected chi connectivity index (χ0v) is 12.7. The van der Waals surface area contributed by atoms with Crippen molar-refractivity contribution in [1.82, 2.24) is 40.0 Å². The Morgan fingerprint density at radius 3 is 2.83 bits per heavy atom. The molecule has 3 aromatic heterocycles. The van der Waals surface area contributed by atoms with E-state index in [0.717, 1.165) is 50.5 Å². The molecule has 0 aromatic carbocycles. The lowest BCUT2D eigenvalue weighted by atomic mass is 9.96. The van der Waals surface area contributed by atoms with Crippen molar-refractivity contribution < 1.29 is 0 Å². The van der Waals surface area contributed by atoms with Crippen LogP contribution in [-0.2, 0) is 13.0 Å². The van der Waals surface area contributed by atoms with E-state index >= 15 is 0 Å². The second kappa shape index (κ2) is 4.97. The fourth-order valence-electron chi connectivity index (χ4n) is 3.65. The normalized spacial score (nSPS) is 18.7. The van der Waals surface area contributed by atoms with Crippen LogP contribution in [0.25, 0.3) is 5.65 Å². The Hall–Kier alpha value is -2.58. The molecule has 0 unspecified atom stereocenters. The topological polar surface area (TPSA) is 89.9 Å². The third-order valence-corrected chi connectivity index (χ3v) is 4.88. The molecule has 0 N–H and O–H groups in total. The number of fused-ring (bicyclic) bond motifs is 2. The monoisotopic (exact) mass is 311 g/mol. The van der Waals surface area contributed by atoms with E-state index in [1.54, 1.807) is 0 Å². The molecule has 23 heavy (non-hydrogen) atoms. The van der Waals surface area contributed by atoms with E-state index in [4.69, 9.17) is 0 Å². The number of hydrogen-bond donors (Lipinski definition) is 0. The summed E-state index contributed by atoms with van der Waals surface area (Å²) in [6.07, 6.45) is 4.43. The number of hydrogen-bond acceptors (Lipinski definition) is 7. The summed E-state index contributed by atoms with van der Waals surface area (Å²) >= 11 is 0. The van der Waals surface area contributed by atoms with Crippen LogP contribution in [0.2, 0.25) is 0 Å². The van der Waals surface area contributed by atoms with Crippen LogP contribution >= 0.6 is 0 Å². The number of piperidine rings is 1. The molecular weight excluding hydrogens is 294 g/mol. The molecule has 0 spiro atoms. The van der Waals surface area contributed by atoms with Crippen molar-refractivity contribution in [2.45, 2.75) is 38.1 Å². The maximum Gasteiger partial charge on any atom is 0.200 e. The van der Waals surface area contributed by atoms with Gasteiger partial charge in [0.1, 0.15) is 11.6 Å². The van der Waals surface area contributed by atoms with E-state index in [1.807, 2.05) is 12.1 Å². The average molecular weight is 311 g/mol. The number of nitrogens with zero attached hydrogens (tertiary/aromatic N) is 9. The van der Waals surface area contributed by atoms with Gasteiger partial charge in [0, 0.05) is 32.0 Å². The molecule has 0 bridgehead atoms. The van der Waals surface area contributed by atoms with Crippen molar-refractivity contribution in [3.8, 4) is 0 Å². The van der Waals surface area contributed by atoms with Gasteiger partial charge in [0.05, 0.1) is 0 Å². The molecule has 3 aromatic rings. The first-order valence-electron chi connectivity index (χ1n) is 8.11. The third kappa shape index (κ3) is 2.07. The molecule has 0 amide bonds. The van der Waals surface area contributed by atoms with Crippen LogP contribution in [0.3, 0.4) is 0 Å². The number of aryl methyl sites for hydroxylation is 1. The molecule has 2 aliphatic heterocycles. The quantitative estimate of drug-likeness (QED) is 0.678. The maximum atomic E-state index is 4.48. The number of rotatable bonds is 2. The fourth-order valence-corrected chi connectivity index (χ4v) is 3.65. The summed E-state index contributed by atoms with van der Waals surface area (Å²) in [5, 5.41) is 24.6. The third-order valence-electron chi connectivity index (χ3n) is 4.88. The molecule has 0 saturated carbocycles. The molecule has 5 heterocycles. The highest BCUT2D eigenvalue weighted by Crippen LogP contribution is 2.30. The Kier molecular flexibility index (Phi) is 2.79. The first-order valence-corrected chi connectivity index (χ1v) is 8.11. The number of aromatic nitrogens is 8. The molecule has 0 radical (unpaired) electrons. The molecule has 5 rings (SSSR count). The highest BCUT2D eigenvalue weighted by molar-refractivity contribution is 5.44. The van der Waals surface area contributed by atoms with Gasteiger partial charge >= 0.3 is 0 Å². The van der Waals surface area contributed by atoms with Gasteiger partial charge in [-0.15, -0.1) is 25.0 Å². The van der Waals surface area contributed by atoms with Gasteiger partial charge in [-0.25, -0.2) is 0 Å². The van der Waals surface area contributed by atoms with Crippen LogP contribution in [0.15, 0.2) is 12.1 Å². The highest BCUT2D eigenvalue weighted by atomic mass is 15.6. The second-order valence-electron chi connectivity index (χ2n) is 6.21. The van der Waals surface area contributed by atoms with Crippen LogP contribution in [0.4, 0.5) is 5.82 Å². The number of anilines is 1. The largest absolute Gasteiger partial charge is 0.355 e. The van der Waals surface area contributed by atoms with Gasteiger partial charge in [0.2, 0.25) is 0 Å². The minimum atomic E-state index is 0.502. The van der Waals surface area contributed by atoms with Crippen molar-refractivity contribution in [2.24, 2.45) is 0 Å². The highest BCUT2D eigenvalue weighted by Gasteiger charge is 2.28. The molecule has 9 nitrogen and oxygen atoms in total. The van der Waals surface area contributed by atoms with E-state index in [1.165, 1.54) is 16.9 Å². The van der Waals surface area contributed by atoms with Gasteiger partial charge < -0.3 is 9.47 Å². The predicted molar refractivity (Wildman–Crippen MR) is 81.1 cm³/mol. The summed E-state index contributed by atoms with van der Waals surface area (Å²) in [7, 11) is 0. The Morgan fingerprint density at radius 1 is 1.00 bits per heavy atom. The van der Waals surface area contributed by atoms with E-state index in [0.29, 0.717) is 11.6 Å². The van der Waals surface area contributed by atoms with Crippen molar-refractivity contribution in [3.63, 3.8) is 0 Å². The standard InChI is InChI=1S/C14H17N9/c1-2-11-15-17-14(22(11)7-1)10-5-8-21(9-6-10)13-4-3-12-16-19-20-23(12)18-13/h3-4,10H,1-2,5-9H2. The van der Waals surface area contributed by atoms with Gasteiger partial charge in [0.15, 0.2) is 11.5 Å². The Bertz CT molecular complexity index is 843. The van der Waals surface area contributed by atoms with Gasteiger partial charge in [-0.05, 0) is 41.8 Å². The lowest BCUT2D eigenvalue weighted by molar-refractivity contribution is 0.463. The first kappa shape index (κ1) is 12.9. The first-order chi connectivity index (χ1) is 11.4. The summed E-state index contributed by atoms with van der Waals surface area (Å²) in [4.78, 5) is 2.29. The average Bonchev–Trinajstić information content (AvgIpc) is 3.30. The van der Waals surface area contributed by atoms with E-state index in [-0.39, 0.29) is 0 Å². The summed E-state index contributed by atoms with van der Waals surface area (Å²) in [5.74, 6) is 3.77. The predicted octanol–water partition coefficient (Wildman–Crippen LogP) is 0.441. The van der Waals surface area contributed by atoms with Crippen molar-refractivity contribution in [3.05, 3.63) is 23.8 Å². The molecular formula is C14H17N9. The molecule has 0 aliphatic carbocycles. The summed E-state index contributed by atoms with van der Waals surface area (Å²) < 4.78 is 3.80. The van der Waals surface area contributed by atoms with Crippen molar-refractivity contribution in [2.75, 3.05) is 18.0 Å². The van der Waals surface area contributed by atoms with Crippen LogP contribution in [0.5, 0.6) is 0 Å². The lowest BCUT2D eigenvalue weighted by Gasteiger charge is -2.32. The van der Waals surface area contributed by atoms with Crippen LogP contribution in [-0.4, -0.2) is 53.1 Å². The van der Waals surface area contributed by atoms with E-state index in [2.05, 4.69) is 40.3 Å². The van der Waals surface area contributed by atoms with Gasteiger partial charge in [0.25, 0.3) is 0 Å². The van der Waals surface area contributed by atoms with E-state index < -0.39 is 0 Å². The fraction of sp³-hybridized carbons (Fsp3) is 0.571. The second-order valence-corrected chi connectivity index (χ2v) is 6.21. The van der Waals surface area contributed by atoms with Crippen LogP contribution in [0.1, 0.15) is 36.8 Å². The van der Waals surface area contributed by atoms with Crippen LogP contribution < -0.4 is 4.90 Å². The molecule has 2 aliphatic rings. The van der Waals surface area contributed by atoms with Crippen molar-refractivity contribution in [1.29, 1.82) is 0 Å². The van der Waals surface area contributed by atoms with Crippen LogP contribution in [0, 0.1) is 0 Å².